The van der Waals surface area contributed by atoms with Gasteiger partial charge in [-0.2, -0.15) is 8.78 Å². The largest absolute Gasteiger partial charge is 0.434 e. The first-order valence-electron chi connectivity index (χ1n) is 6.87. The van der Waals surface area contributed by atoms with Gasteiger partial charge in [-0.05, 0) is 42.4 Å². The maximum Gasteiger partial charge on any atom is 0.387 e. The van der Waals surface area contributed by atoms with Crippen LogP contribution in [0.25, 0.3) is 0 Å². The van der Waals surface area contributed by atoms with E-state index in [0.717, 1.165) is 6.54 Å². The molecule has 5 heteroatoms. The summed E-state index contributed by atoms with van der Waals surface area (Å²) in [6, 6.07) is 4.71. The average molecular weight is 304 g/mol. The molecule has 1 aromatic rings. The molecule has 0 spiro atoms. The van der Waals surface area contributed by atoms with Crippen molar-refractivity contribution in [2.75, 3.05) is 6.54 Å². The van der Waals surface area contributed by atoms with Crippen molar-refractivity contribution in [2.24, 2.45) is 11.3 Å². The first-order valence-corrected chi connectivity index (χ1v) is 7.25. The molecule has 1 saturated carbocycles. The van der Waals surface area contributed by atoms with Crippen molar-refractivity contribution in [3.8, 4) is 5.75 Å². The summed E-state index contributed by atoms with van der Waals surface area (Å²) in [7, 11) is 0. The van der Waals surface area contributed by atoms with E-state index in [9.17, 15) is 8.78 Å². The van der Waals surface area contributed by atoms with Crippen LogP contribution < -0.4 is 10.1 Å². The molecule has 0 heterocycles. The molecule has 0 radical (unpaired) electrons. The quantitative estimate of drug-likeness (QED) is 0.802. The lowest BCUT2D eigenvalue weighted by Crippen LogP contribution is -2.27. The highest BCUT2D eigenvalue weighted by molar-refractivity contribution is 6.30. The fourth-order valence-electron chi connectivity index (χ4n) is 2.46. The lowest BCUT2D eigenvalue weighted by Gasteiger charge is -2.20. The van der Waals surface area contributed by atoms with E-state index in [0.29, 0.717) is 28.5 Å². The van der Waals surface area contributed by atoms with Crippen LogP contribution in [-0.2, 0) is 6.54 Å². The normalized spacial score (nSPS) is 16.8. The molecule has 112 valence electrons. The van der Waals surface area contributed by atoms with E-state index in [1.54, 1.807) is 12.1 Å². The van der Waals surface area contributed by atoms with Crippen LogP contribution in [0, 0.1) is 11.3 Å². The van der Waals surface area contributed by atoms with Crippen LogP contribution in [0.5, 0.6) is 5.75 Å². The minimum Gasteiger partial charge on any atom is -0.434 e. The molecule has 0 bridgehead atoms. The van der Waals surface area contributed by atoms with Crippen molar-refractivity contribution in [3.63, 3.8) is 0 Å². The molecule has 1 aromatic carbocycles. The van der Waals surface area contributed by atoms with Gasteiger partial charge in [0.25, 0.3) is 0 Å². The molecule has 1 aliphatic carbocycles. The molecular weight excluding hydrogens is 284 g/mol. The third-order valence-electron chi connectivity index (χ3n) is 4.15. The van der Waals surface area contributed by atoms with E-state index in [-0.39, 0.29) is 5.75 Å². The van der Waals surface area contributed by atoms with Gasteiger partial charge in [0.15, 0.2) is 0 Å². The number of alkyl halides is 2. The maximum atomic E-state index is 12.4. The fourth-order valence-corrected chi connectivity index (χ4v) is 2.66. The van der Waals surface area contributed by atoms with Crippen LogP contribution in [0.4, 0.5) is 8.78 Å². The molecule has 0 atom stereocenters. The minimum atomic E-state index is -2.82. The average Bonchev–Trinajstić information content (AvgIpc) is 3.13. The lowest BCUT2D eigenvalue weighted by molar-refractivity contribution is -0.0505. The highest BCUT2D eigenvalue weighted by Crippen LogP contribution is 2.51. The Kier molecular flexibility index (Phi) is 4.86. The van der Waals surface area contributed by atoms with Crippen molar-refractivity contribution in [1.82, 2.24) is 5.32 Å². The standard InChI is InChI=1S/C15H20ClF2NO/c1-10(2)15(5-6-15)9-19-8-11-7-12(16)3-4-13(11)20-14(17)18/h3-4,7,10,14,19H,5-6,8-9H2,1-2H3. The van der Waals surface area contributed by atoms with E-state index in [1.807, 2.05) is 0 Å². The first kappa shape index (κ1) is 15.5. The highest BCUT2D eigenvalue weighted by Gasteiger charge is 2.44. The van der Waals surface area contributed by atoms with Crippen molar-refractivity contribution >= 4 is 11.6 Å². The monoisotopic (exact) mass is 303 g/mol. The van der Waals surface area contributed by atoms with Gasteiger partial charge in [0.1, 0.15) is 5.75 Å². The summed E-state index contributed by atoms with van der Waals surface area (Å²) < 4.78 is 29.2. The third-order valence-corrected chi connectivity index (χ3v) is 4.38. The van der Waals surface area contributed by atoms with Gasteiger partial charge < -0.3 is 10.1 Å². The predicted octanol–water partition coefficient (Wildman–Crippen LogP) is 4.47. The molecule has 0 saturated heterocycles. The van der Waals surface area contributed by atoms with Gasteiger partial charge in [0.05, 0.1) is 0 Å². The van der Waals surface area contributed by atoms with Gasteiger partial charge in [-0.3, -0.25) is 0 Å². The van der Waals surface area contributed by atoms with E-state index in [4.69, 9.17) is 11.6 Å². The van der Waals surface area contributed by atoms with Gasteiger partial charge in [0.2, 0.25) is 0 Å². The Bertz CT molecular complexity index is 461. The molecule has 2 nitrogen and oxygen atoms in total. The highest BCUT2D eigenvalue weighted by atomic mass is 35.5. The first-order chi connectivity index (χ1) is 9.43. The second kappa shape index (κ2) is 6.27. The maximum absolute atomic E-state index is 12.4. The van der Waals surface area contributed by atoms with Crippen molar-refractivity contribution < 1.29 is 13.5 Å². The Balaban J connectivity index is 1.96. The van der Waals surface area contributed by atoms with Gasteiger partial charge in [-0.25, -0.2) is 0 Å². The summed E-state index contributed by atoms with van der Waals surface area (Å²) in [6.45, 7) is 3.00. The summed E-state index contributed by atoms with van der Waals surface area (Å²) in [5.74, 6) is 0.817. The number of hydrogen-bond donors (Lipinski definition) is 1. The van der Waals surface area contributed by atoms with Gasteiger partial charge >= 0.3 is 6.61 Å². The molecule has 0 aliphatic heterocycles. The zero-order chi connectivity index (χ0) is 14.8. The molecule has 1 aliphatic rings. The van der Waals surface area contributed by atoms with E-state index >= 15 is 0 Å². The molecule has 1 fully saturated rings. The molecule has 0 aromatic heterocycles. The Labute approximate surface area is 123 Å². The summed E-state index contributed by atoms with van der Waals surface area (Å²) in [6.07, 6.45) is 2.46. The topological polar surface area (TPSA) is 21.3 Å². The van der Waals surface area contributed by atoms with Crippen molar-refractivity contribution in [1.29, 1.82) is 0 Å². The van der Waals surface area contributed by atoms with Gasteiger partial charge in [-0.1, -0.05) is 25.4 Å². The number of hydrogen-bond acceptors (Lipinski definition) is 2. The Hall–Kier alpha value is -0.870. The van der Waals surface area contributed by atoms with Crippen LogP contribution in [-0.4, -0.2) is 13.2 Å². The van der Waals surface area contributed by atoms with Crippen LogP contribution in [0.15, 0.2) is 18.2 Å². The van der Waals surface area contributed by atoms with E-state index < -0.39 is 6.61 Å². The lowest BCUT2D eigenvalue weighted by atomic mass is 9.92. The number of benzene rings is 1. The van der Waals surface area contributed by atoms with Gasteiger partial charge in [0, 0.05) is 23.7 Å². The minimum absolute atomic E-state index is 0.186. The van der Waals surface area contributed by atoms with Crippen molar-refractivity contribution in [3.05, 3.63) is 28.8 Å². The predicted molar refractivity (Wildman–Crippen MR) is 76.3 cm³/mol. The zero-order valence-electron chi connectivity index (χ0n) is 11.8. The van der Waals surface area contributed by atoms with E-state index in [2.05, 4.69) is 23.9 Å². The van der Waals surface area contributed by atoms with Crippen LogP contribution in [0.1, 0.15) is 32.3 Å². The summed E-state index contributed by atoms with van der Waals surface area (Å²) in [5, 5.41) is 3.86. The number of halogens is 3. The Morgan fingerprint density at radius 1 is 1.35 bits per heavy atom. The summed E-state index contributed by atoms with van der Waals surface area (Å²) in [4.78, 5) is 0. The Morgan fingerprint density at radius 3 is 2.60 bits per heavy atom. The van der Waals surface area contributed by atoms with Crippen molar-refractivity contribution in [2.45, 2.75) is 39.8 Å². The molecule has 0 amide bonds. The van der Waals surface area contributed by atoms with Gasteiger partial charge in [-0.15, -0.1) is 0 Å². The third kappa shape index (κ3) is 3.83. The number of ether oxygens (including phenoxy) is 1. The second-order valence-corrected chi connectivity index (χ2v) is 6.19. The molecular formula is C15H20ClF2NO. The van der Waals surface area contributed by atoms with Crippen LogP contribution in [0.2, 0.25) is 5.02 Å². The van der Waals surface area contributed by atoms with E-state index in [1.165, 1.54) is 18.9 Å². The molecule has 0 unspecified atom stereocenters. The summed E-state index contributed by atoms with van der Waals surface area (Å²) in [5.41, 5.74) is 1.04. The number of nitrogens with one attached hydrogen (secondary N) is 1. The fraction of sp³-hybridized carbons (Fsp3) is 0.600. The molecule has 1 N–H and O–H groups in total. The summed E-state index contributed by atoms with van der Waals surface area (Å²) >= 11 is 5.91. The van der Waals surface area contributed by atoms with Crippen LogP contribution in [0.3, 0.4) is 0 Å². The molecule has 2 rings (SSSR count). The van der Waals surface area contributed by atoms with Crippen LogP contribution >= 0.6 is 11.6 Å². The second-order valence-electron chi connectivity index (χ2n) is 5.75. The smallest absolute Gasteiger partial charge is 0.387 e. The number of rotatable bonds is 7. The SMILES string of the molecule is CC(C)C1(CNCc2cc(Cl)ccc2OC(F)F)CC1. The Morgan fingerprint density at radius 2 is 2.05 bits per heavy atom. The molecule has 20 heavy (non-hydrogen) atoms. The zero-order valence-corrected chi connectivity index (χ0v) is 12.5.